The lowest BCUT2D eigenvalue weighted by molar-refractivity contribution is -0.142. The maximum atomic E-state index is 12.5. The molecule has 0 radical (unpaired) electrons. The Morgan fingerprint density at radius 3 is 2.61 bits per heavy atom. The molecule has 2 saturated heterocycles. The van der Waals surface area contributed by atoms with Crippen LogP contribution in [0.2, 0.25) is 0 Å². The average Bonchev–Trinajstić information content (AvgIpc) is 3.26. The van der Waals surface area contributed by atoms with Crippen LogP contribution in [0.5, 0.6) is 0 Å². The molecule has 2 aliphatic heterocycles. The van der Waals surface area contributed by atoms with Gasteiger partial charge in [-0.3, -0.25) is 14.8 Å². The predicted octanol–water partition coefficient (Wildman–Crippen LogP) is 1.02. The monoisotopic (exact) mass is 503 g/mol. The molecule has 0 aliphatic carbocycles. The number of amides is 1. The number of aliphatic hydroxyl groups is 1. The van der Waals surface area contributed by atoms with Crippen molar-refractivity contribution >= 4 is 35.8 Å². The van der Waals surface area contributed by atoms with Crippen LogP contribution in [-0.4, -0.2) is 83.7 Å². The third kappa shape index (κ3) is 6.02. The average molecular weight is 503 g/mol. The molecule has 8 nitrogen and oxygen atoms in total. The minimum Gasteiger partial charge on any atom is -0.386 e. The van der Waals surface area contributed by atoms with Crippen LogP contribution in [0.15, 0.2) is 29.5 Å². The summed E-state index contributed by atoms with van der Waals surface area (Å²) in [5, 5.41) is 13.6. The summed E-state index contributed by atoms with van der Waals surface area (Å²) in [4.78, 5) is 25.1. The van der Waals surface area contributed by atoms with E-state index in [4.69, 9.17) is 4.74 Å². The van der Waals surface area contributed by atoms with Crippen LogP contribution < -0.4 is 5.32 Å². The van der Waals surface area contributed by atoms with Gasteiger partial charge in [-0.05, 0) is 37.5 Å². The molecular weight excluding hydrogens is 473 g/mol. The molecule has 0 saturated carbocycles. The van der Waals surface area contributed by atoms with Gasteiger partial charge in [0.15, 0.2) is 5.96 Å². The summed E-state index contributed by atoms with van der Waals surface area (Å²) in [6.45, 7) is 6.50. The molecule has 2 fully saturated rings. The van der Waals surface area contributed by atoms with E-state index in [9.17, 15) is 9.90 Å². The molecule has 156 valence electrons. The smallest absolute Gasteiger partial charge is 0.251 e. The Labute approximate surface area is 183 Å². The van der Waals surface area contributed by atoms with E-state index >= 15 is 0 Å². The molecule has 0 aromatic carbocycles. The van der Waals surface area contributed by atoms with Crippen LogP contribution in [0.4, 0.5) is 0 Å². The second-order valence-corrected chi connectivity index (χ2v) is 6.80. The molecule has 2 aliphatic rings. The second kappa shape index (κ2) is 11.5. The second-order valence-electron chi connectivity index (χ2n) is 6.80. The summed E-state index contributed by atoms with van der Waals surface area (Å²) in [5.74, 6) is 0.886. The van der Waals surface area contributed by atoms with Gasteiger partial charge in [-0.15, -0.1) is 24.0 Å². The SMILES string of the molecule is CCNC(=NCC(O)c1ccncc1)N1CCN(C(=O)C2CCCO2)CC1.I. The number of carbonyl (C=O) groups is 1. The number of aliphatic imine (C=N–C) groups is 1. The fraction of sp³-hybridized carbons (Fsp3) is 0.632. The van der Waals surface area contributed by atoms with Crippen LogP contribution >= 0.6 is 24.0 Å². The van der Waals surface area contributed by atoms with Crippen molar-refractivity contribution in [3.8, 4) is 0 Å². The molecule has 2 N–H and O–H groups in total. The highest BCUT2D eigenvalue weighted by atomic mass is 127. The van der Waals surface area contributed by atoms with Crippen molar-refractivity contribution < 1.29 is 14.6 Å². The summed E-state index contributed by atoms with van der Waals surface area (Å²) >= 11 is 0. The number of pyridine rings is 1. The molecule has 1 aromatic heterocycles. The fourth-order valence-corrected chi connectivity index (χ4v) is 3.40. The molecular formula is C19H30IN5O3. The number of halogens is 1. The van der Waals surface area contributed by atoms with Gasteiger partial charge >= 0.3 is 0 Å². The Morgan fingerprint density at radius 1 is 1.32 bits per heavy atom. The number of piperazine rings is 1. The molecule has 0 spiro atoms. The topological polar surface area (TPSA) is 90.3 Å². The molecule has 9 heteroatoms. The standard InChI is InChI=1S/C19H29N5O3.HI/c1-2-21-19(22-14-16(25)15-5-7-20-8-6-15)24-11-9-23(10-12-24)18(26)17-4-3-13-27-17;/h5-8,16-17,25H,2-4,9-14H2,1H3,(H,21,22);1H. The van der Waals surface area contributed by atoms with Crippen molar-refractivity contribution in [3.63, 3.8) is 0 Å². The zero-order valence-electron chi connectivity index (χ0n) is 16.3. The van der Waals surface area contributed by atoms with Gasteiger partial charge in [-0.25, -0.2) is 0 Å². The Bertz CT molecular complexity index is 632. The summed E-state index contributed by atoms with van der Waals surface area (Å²) in [7, 11) is 0. The van der Waals surface area contributed by atoms with E-state index in [1.165, 1.54) is 0 Å². The maximum absolute atomic E-state index is 12.5. The number of hydrogen-bond donors (Lipinski definition) is 2. The van der Waals surface area contributed by atoms with Crippen molar-refractivity contribution in [3.05, 3.63) is 30.1 Å². The Kier molecular flexibility index (Phi) is 9.39. The highest BCUT2D eigenvalue weighted by molar-refractivity contribution is 14.0. The minimum absolute atomic E-state index is 0. The van der Waals surface area contributed by atoms with Crippen LogP contribution in [-0.2, 0) is 9.53 Å². The Morgan fingerprint density at radius 2 is 2.00 bits per heavy atom. The number of rotatable bonds is 5. The van der Waals surface area contributed by atoms with Gasteiger partial charge in [-0.2, -0.15) is 0 Å². The highest BCUT2D eigenvalue weighted by Crippen LogP contribution is 2.16. The first-order valence-corrected chi connectivity index (χ1v) is 9.70. The van der Waals surface area contributed by atoms with Gasteiger partial charge in [0.05, 0.1) is 12.6 Å². The lowest BCUT2D eigenvalue weighted by Crippen LogP contribution is -2.55. The summed E-state index contributed by atoms with van der Waals surface area (Å²) in [5.41, 5.74) is 0.802. The first-order valence-electron chi connectivity index (χ1n) is 9.70. The van der Waals surface area contributed by atoms with Gasteiger partial charge in [0.25, 0.3) is 5.91 Å². The van der Waals surface area contributed by atoms with E-state index in [-0.39, 0.29) is 42.5 Å². The number of nitrogens with zero attached hydrogens (tertiary/aromatic N) is 4. The number of guanidine groups is 1. The molecule has 2 atom stereocenters. The van der Waals surface area contributed by atoms with Gasteiger partial charge in [0.1, 0.15) is 6.10 Å². The molecule has 0 bridgehead atoms. The lowest BCUT2D eigenvalue weighted by atomic mass is 10.1. The zero-order chi connectivity index (χ0) is 19.1. The maximum Gasteiger partial charge on any atom is 0.251 e. The van der Waals surface area contributed by atoms with Crippen molar-refractivity contribution in [2.45, 2.75) is 32.0 Å². The van der Waals surface area contributed by atoms with Crippen LogP contribution in [0.25, 0.3) is 0 Å². The predicted molar refractivity (Wildman–Crippen MR) is 118 cm³/mol. The minimum atomic E-state index is -0.663. The van der Waals surface area contributed by atoms with Gasteiger partial charge < -0.3 is 25.0 Å². The third-order valence-corrected chi connectivity index (χ3v) is 4.94. The van der Waals surface area contributed by atoms with E-state index in [0.29, 0.717) is 19.7 Å². The van der Waals surface area contributed by atoms with Crippen molar-refractivity contribution in [2.75, 3.05) is 45.9 Å². The molecule has 1 amide bonds. The van der Waals surface area contributed by atoms with E-state index in [1.54, 1.807) is 24.5 Å². The van der Waals surface area contributed by atoms with Crippen molar-refractivity contribution in [1.82, 2.24) is 20.1 Å². The van der Waals surface area contributed by atoms with Crippen LogP contribution in [0.1, 0.15) is 31.4 Å². The molecule has 1 aromatic rings. The van der Waals surface area contributed by atoms with E-state index in [1.807, 2.05) is 11.8 Å². The lowest BCUT2D eigenvalue weighted by Gasteiger charge is -2.37. The summed E-state index contributed by atoms with van der Waals surface area (Å²) in [6, 6.07) is 3.59. The van der Waals surface area contributed by atoms with Crippen molar-refractivity contribution in [2.24, 2.45) is 4.99 Å². The van der Waals surface area contributed by atoms with Crippen molar-refractivity contribution in [1.29, 1.82) is 0 Å². The normalized spacial score (nSPS) is 21.2. The van der Waals surface area contributed by atoms with E-state index < -0.39 is 6.10 Å². The Balaban J connectivity index is 0.00000280. The number of hydrogen-bond acceptors (Lipinski definition) is 5. The molecule has 28 heavy (non-hydrogen) atoms. The molecule has 2 unspecified atom stereocenters. The number of carbonyl (C=O) groups excluding carboxylic acids is 1. The highest BCUT2D eigenvalue weighted by Gasteiger charge is 2.30. The Hall–Kier alpha value is -1.46. The van der Waals surface area contributed by atoms with Gasteiger partial charge in [0, 0.05) is 51.7 Å². The van der Waals surface area contributed by atoms with Crippen LogP contribution in [0.3, 0.4) is 0 Å². The third-order valence-electron chi connectivity index (χ3n) is 4.94. The quantitative estimate of drug-likeness (QED) is 0.355. The zero-order valence-corrected chi connectivity index (χ0v) is 18.6. The number of ether oxygens (including phenoxy) is 1. The van der Waals surface area contributed by atoms with E-state index in [0.717, 1.165) is 44.0 Å². The largest absolute Gasteiger partial charge is 0.386 e. The number of aliphatic hydroxyl groups excluding tert-OH is 1. The summed E-state index contributed by atoms with van der Waals surface area (Å²) in [6.07, 6.45) is 4.21. The molecule has 3 rings (SSSR count). The van der Waals surface area contributed by atoms with Crippen LogP contribution in [0, 0.1) is 0 Å². The fourth-order valence-electron chi connectivity index (χ4n) is 3.40. The molecule has 3 heterocycles. The van der Waals surface area contributed by atoms with Gasteiger partial charge in [0.2, 0.25) is 0 Å². The first-order chi connectivity index (χ1) is 13.2. The number of nitrogens with one attached hydrogen (secondary N) is 1. The first kappa shape index (κ1) is 22.8. The summed E-state index contributed by atoms with van der Waals surface area (Å²) < 4.78 is 5.51. The van der Waals surface area contributed by atoms with Gasteiger partial charge in [-0.1, -0.05) is 0 Å². The number of aromatic nitrogens is 1. The van der Waals surface area contributed by atoms with E-state index in [2.05, 4.69) is 20.2 Å².